The van der Waals surface area contributed by atoms with E-state index in [0.717, 1.165) is 11.1 Å². The summed E-state index contributed by atoms with van der Waals surface area (Å²) in [5.74, 6) is 0.293. The number of aryl methyl sites for hydroxylation is 1. The lowest BCUT2D eigenvalue weighted by molar-refractivity contribution is 0.0611. The number of benzene rings is 2. The summed E-state index contributed by atoms with van der Waals surface area (Å²) in [7, 11) is 1.58. The highest BCUT2D eigenvalue weighted by Gasteiger charge is 2.34. The second kappa shape index (κ2) is 6.83. The summed E-state index contributed by atoms with van der Waals surface area (Å²) in [5.41, 5.74) is 1.80. The summed E-state index contributed by atoms with van der Waals surface area (Å²) >= 11 is 0. The molecule has 3 rings (SSSR count). The highest BCUT2D eigenvalue weighted by molar-refractivity contribution is 6.01. The van der Waals surface area contributed by atoms with Gasteiger partial charge in [-0.1, -0.05) is 18.2 Å². The van der Waals surface area contributed by atoms with Crippen molar-refractivity contribution in [2.24, 2.45) is 0 Å². The third-order valence-corrected chi connectivity index (χ3v) is 4.59. The molecule has 5 nitrogen and oxygen atoms in total. The fraction of sp³-hybridized carbons (Fsp3) is 0.333. The molecule has 1 aliphatic rings. The molecular formula is C21H22O5. The number of Topliss-reactive ketones (excluding diaryl/α,β-unsaturated/α-hetero) is 1. The first-order valence-electron chi connectivity index (χ1n) is 8.55. The van der Waals surface area contributed by atoms with E-state index in [1.807, 2.05) is 19.9 Å². The van der Waals surface area contributed by atoms with Gasteiger partial charge in [0.2, 0.25) is 0 Å². The summed E-state index contributed by atoms with van der Waals surface area (Å²) in [6, 6.07) is 10.4. The Labute approximate surface area is 152 Å². The number of ketones is 1. The van der Waals surface area contributed by atoms with E-state index in [2.05, 4.69) is 0 Å². The van der Waals surface area contributed by atoms with E-state index in [0.29, 0.717) is 36.3 Å². The van der Waals surface area contributed by atoms with E-state index in [9.17, 15) is 14.7 Å². The fourth-order valence-corrected chi connectivity index (χ4v) is 3.37. The highest BCUT2D eigenvalue weighted by atomic mass is 16.5. The van der Waals surface area contributed by atoms with Crippen LogP contribution in [0.1, 0.15) is 52.1 Å². The molecule has 2 aromatic carbocycles. The molecule has 0 unspecified atom stereocenters. The Morgan fingerprint density at radius 1 is 1.19 bits per heavy atom. The first kappa shape index (κ1) is 18.0. The van der Waals surface area contributed by atoms with Crippen molar-refractivity contribution in [3.8, 4) is 11.5 Å². The zero-order valence-corrected chi connectivity index (χ0v) is 15.2. The second-order valence-corrected chi connectivity index (χ2v) is 7.05. The average Bonchev–Trinajstić information content (AvgIpc) is 2.58. The Hall–Kier alpha value is -2.82. The molecule has 0 radical (unpaired) electrons. The molecule has 0 amide bonds. The molecule has 2 aromatic rings. The minimum Gasteiger partial charge on any atom is -0.496 e. The maximum Gasteiger partial charge on any atom is 0.335 e. The van der Waals surface area contributed by atoms with Gasteiger partial charge in [-0.3, -0.25) is 4.79 Å². The van der Waals surface area contributed by atoms with Crippen LogP contribution in [0.2, 0.25) is 0 Å². The van der Waals surface area contributed by atoms with Gasteiger partial charge in [-0.2, -0.15) is 0 Å². The molecule has 0 atom stereocenters. The molecule has 0 saturated carbocycles. The number of carbonyl (C=O) groups is 2. The molecule has 26 heavy (non-hydrogen) atoms. The molecule has 1 aliphatic heterocycles. The predicted molar refractivity (Wildman–Crippen MR) is 97.5 cm³/mol. The van der Waals surface area contributed by atoms with Crippen LogP contribution in [-0.4, -0.2) is 29.6 Å². The fourth-order valence-electron chi connectivity index (χ4n) is 3.37. The van der Waals surface area contributed by atoms with Crippen LogP contribution in [0.3, 0.4) is 0 Å². The zero-order chi connectivity index (χ0) is 18.9. The van der Waals surface area contributed by atoms with Crippen molar-refractivity contribution in [2.45, 2.75) is 38.7 Å². The number of carboxylic acid groups (broad SMARTS) is 1. The van der Waals surface area contributed by atoms with Crippen molar-refractivity contribution < 1.29 is 24.2 Å². The predicted octanol–water partition coefficient (Wildman–Crippen LogP) is 3.92. The van der Waals surface area contributed by atoms with E-state index in [4.69, 9.17) is 9.47 Å². The number of carbonyl (C=O) groups excluding carboxylic acids is 1. The van der Waals surface area contributed by atoms with Gasteiger partial charge in [0, 0.05) is 5.56 Å². The van der Waals surface area contributed by atoms with Crippen LogP contribution in [-0.2, 0) is 12.8 Å². The standard InChI is InChI=1S/C21H22O5/c1-21(2)12-17(22)15-10-11-18(25-3)16(19(15)26-21)9-8-13-6-4-5-7-14(13)20(23)24/h4-7,10-11H,8-9,12H2,1-3H3,(H,23,24). The van der Waals surface area contributed by atoms with Crippen LogP contribution in [0, 0.1) is 0 Å². The molecule has 0 aliphatic carbocycles. The summed E-state index contributed by atoms with van der Waals surface area (Å²) in [5, 5.41) is 9.36. The summed E-state index contributed by atoms with van der Waals surface area (Å²) in [6.45, 7) is 3.77. The lowest BCUT2D eigenvalue weighted by atomic mass is 9.89. The Morgan fingerprint density at radius 2 is 1.92 bits per heavy atom. The van der Waals surface area contributed by atoms with Crippen LogP contribution >= 0.6 is 0 Å². The lowest BCUT2D eigenvalue weighted by Gasteiger charge is -2.33. The van der Waals surface area contributed by atoms with Crippen LogP contribution in [0.4, 0.5) is 0 Å². The lowest BCUT2D eigenvalue weighted by Crippen LogP contribution is -2.36. The molecule has 1 N–H and O–H groups in total. The van der Waals surface area contributed by atoms with Crippen molar-refractivity contribution in [2.75, 3.05) is 7.11 Å². The van der Waals surface area contributed by atoms with E-state index in [1.54, 1.807) is 37.4 Å². The van der Waals surface area contributed by atoms with Gasteiger partial charge in [-0.15, -0.1) is 0 Å². The number of rotatable bonds is 5. The summed E-state index contributed by atoms with van der Waals surface area (Å²) < 4.78 is 11.6. The van der Waals surface area contributed by atoms with E-state index < -0.39 is 11.6 Å². The highest BCUT2D eigenvalue weighted by Crippen LogP contribution is 2.40. The largest absolute Gasteiger partial charge is 0.496 e. The van der Waals surface area contributed by atoms with E-state index >= 15 is 0 Å². The molecule has 0 aromatic heterocycles. The van der Waals surface area contributed by atoms with Gasteiger partial charge in [0.05, 0.1) is 24.7 Å². The molecule has 1 heterocycles. The number of ether oxygens (including phenoxy) is 2. The second-order valence-electron chi connectivity index (χ2n) is 7.05. The van der Waals surface area contributed by atoms with Crippen LogP contribution in [0.5, 0.6) is 11.5 Å². The van der Waals surface area contributed by atoms with E-state index in [-0.39, 0.29) is 11.3 Å². The maximum absolute atomic E-state index is 12.5. The van der Waals surface area contributed by atoms with Crippen LogP contribution < -0.4 is 9.47 Å². The first-order chi connectivity index (χ1) is 12.3. The Balaban J connectivity index is 1.99. The van der Waals surface area contributed by atoms with E-state index in [1.165, 1.54) is 0 Å². The molecule has 0 fully saturated rings. The Bertz CT molecular complexity index is 867. The third-order valence-electron chi connectivity index (χ3n) is 4.59. The van der Waals surface area contributed by atoms with Crippen molar-refractivity contribution in [1.29, 1.82) is 0 Å². The number of fused-ring (bicyclic) bond motifs is 1. The smallest absolute Gasteiger partial charge is 0.335 e. The van der Waals surface area contributed by atoms with Gasteiger partial charge in [-0.05, 0) is 50.5 Å². The quantitative estimate of drug-likeness (QED) is 0.881. The van der Waals surface area contributed by atoms with Crippen LogP contribution in [0.15, 0.2) is 36.4 Å². The Kier molecular flexibility index (Phi) is 4.72. The summed E-state index contributed by atoms with van der Waals surface area (Å²) in [4.78, 5) is 23.9. The van der Waals surface area contributed by atoms with Gasteiger partial charge in [-0.25, -0.2) is 4.79 Å². The average molecular weight is 354 g/mol. The number of aromatic carboxylic acids is 1. The van der Waals surface area contributed by atoms with Crippen molar-refractivity contribution in [3.05, 3.63) is 58.7 Å². The number of hydrogen-bond acceptors (Lipinski definition) is 4. The minimum atomic E-state index is -0.949. The number of carboxylic acids is 1. The molecule has 0 saturated heterocycles. The molecule has 5 heteroatoms. The monoisotopic (exact) mass is 354 g/mol. The van der Waals surface area contributed by atoms with Crippen LogP contribution in [0.25, 0.3) is 0 Å². The van der Waals surface area contributed by atoms with Gasteiger partial charge in [0.1, 0.15) is 17.1 Å². The SMILES string of the molecule is COc1ccc2c(c1CCc1ccccc1C(=O)O)OC(C)(C)CC2=O. The zero-order valence-electron chi connectivity index (χ0n) is 15.2. The topological polar surface area (TPSA) is 72.8 Å². The summed E-state index contributed by atoms with van der Waals surface area (Å²) in [6.07, 6.45) is 1.35. The van der Waals surface area contributed by atoms with Gasteiger partial charge < -0.3 is 14.6 Å². The molecule has 0 spiro atoms. The Morgan fingerprint density at radius 3 is 2.62 bits per heavy atom. The molecule has 0 bridgehead atoms. The molecular weight excluding hydrogens is 332 g/mol. The third kappa shape index (κ3) is 3.43. The minimum absolute atomic E-state index is 0.0473. The van der Waals surface area contributed by atoms with Gasteiger partial charge in [0.25, 0.3) is 0 Å². The van der Waals surface area contributed by atoms with Gasteiger partial charge >= 0.3 is 5.97 Å². The van der Waals surface area contributed by atoms with Gasteiger partial charge in [0.15, 0.2) is 5.78 Å². The first-order valence-corrected chi connectivity index (χ1v) is 8.55. The molecule has 136 valence electrons. The van der Waals surface area contributed by atoms with Crippen molar-refractivity contribution >= 4 is 11.8 Å². The van der Waals surface area contributed by atoms with Crippen molar-refractivity contribution in [1.82, 2.24) is 0 Å². The number of hydrogen-bond donors (Lipinski definition) is 1. The number of methoxy groups -OCH3 is 1. The normalized spacial score (nSPS) is 15.1. The van der Waals surface area contributed by atoms with Crippen molar-refractivity contribution in [3.63, 3.8) is 0 Å². The maximum atomic E-state index is 12.5.